The molecule has 2 aromatic rings. The van der Waals surface area contributed by atoms with Gasteiger partial charge in [-0.3, -0.25) is 9.79 Å². The lowest BCUT2D eigenvalue weighted by molar-refractivity contribution is -0.121. The maximum atomic E-state index is 12.2. The number of guanidine groups is 1. The highest BCUT2D eigenvalue weighted by molar-refractivity contribution is 5.97. The second kappa shape index (κ2) is 10.4. The number of aliphatic imine (C=N–C) groups is 1. The van der Waals surface area contributed by atoms with Crippen molar-refractivity contribution in [2.75, 3.05) is 45.3 Å². The van der Waals surface area contributed by atoms with Crippen LogP contribution in [0, 0.1) is 0 Å². The Kier molecular flexibility index (Phi) is 7.33. The number of hydrogen-bond donors (Lipinski definition) is 2. The van der Waals surface area contributed by atoms with E-state index in [1.807, 2.05) is 36.4 Å². The first kappa shape index (κ1) is 20.5. The summed E-state index contributed by atoms with van der Waals surface area (Å²) >= 11 is 0. The van der Waals surface area contributed by atoms with Crippen molar-refractivity contribution < 1.29 is 14.3 Å². The SMILES string of the molecule is CN=C(NCCCN1C(=O)COc2ccccc21)NCCc1ccc(OC)cc1. The fraction of sp³-hybridized carbons (Fsp3) is 0.364. The summed E-state index contributed by atoms with van der Waals surface area (Å²) in [5.41, 5.74) is 2.07. The number of anilines is 1. The minimum absolute atomic E-state index is 0.00861. The first-order valence-electron chi connectivity index (χ1n) is 9.81. The molecule has 7 heteroatoms. The Morgan fingerprint density at radius 3 is 2.66 bits per heavy atom. The number of fused-ring (bicyclic) bond motifs is 1. The lowest BCUT2D eigenvalue weighted by Gasteiger charge is -2.29. The summed E-state index contributed by atoms with van der Waals surface area (Å²) in [4.78, 5) is 18.2. The van der Waals surface area contributed by atoms with Gasteiger partial charge in [-0.05, 0) is 42.7 Å². The third kappa shape index (κ3) is 5.63. The number of para-hydroxylation sites is 2. The molecule has 0 saturated heterocycles. The van der Waals surface area contributed by atoms with E-state index < -0.39 is 0 Å². The largest absolute Gasteiger partial charge is 0.497 e. The average molecular weight is 396 g/mol. The molecule has 0 aromatic heterocycles. The predicted molar refractivity (Wildman–Crippen MR) is 115 cm³/mol. The summed E-state index contributed by atoms with van der Waals surface area (Å²) in [6, 6.07) is 15.7. The van der Waals surface area contributed by atoms with E-state index in [9.17, 15) is 4.79 Å². The average Bonchev–Trinajstić information content (AvgIpc) is 2.77. The van der Waals surface area contributed by atoms with E-state index in [1.165, 1.54) is 5.56 Å². The van der Waals surface area contributed by atoms with Gasteiger partial charge in [-0.25, -0.2) is 0 Å². The number of benzene rings is 2. The van der Waals surface area contributed by atoms with E-state index in [0.29, 0.717) is 6.54 Å². The predicted octanol–water partition coefficient (Wildman–Crippen LogP) is 2.22. The van der Waals surface area contributed by atoms with Gasteiger partial charge in [0.05, 0.1) is 12.8 Å². The van der Waals surface area contributed by atoms with E-state index in [0.717, 1.165) is 49.1 Å². The van der Waals surface area contributed by atoms with Gasteiger partial charge in [-0.1, -0.05) is 24.3 Å². The minimum Gasteiger partial charge on any atom is -0.497 e. The van der Waals surface area contributed by atoms with Crippen molar-refractivity contribution in [3.8, 4) is 11.5 Å². The van der Waals surface area contributed by atoms with Crippen LogP contribution in [0.1, 0.15) is 12.0 Å². The van der Waals surface area contributed by atoms with Gasteiger partial charge in [0.15, 0.2) is 12.6 Å². The molecule has 2 N–H and O–H groups in total. The summed E-state index contributed by atoms with van der Waals surface area (Å²) in [7, 11) is 3.42. The fourth-order valence-electron chi connectivity index (χ4n) is 3.18. The normalized spacial score (nSPS) is 13.5. The molecule has 3 rings (SSSR count). The van der Waals surface area contributed by atoms with Crippen molar-refractivity contribution in [3.05, 3.63) is 54.1 Å². The van der Waals surface area contributed by atoms with E-state index in [2.05, 4.69) is 27.8 Å². The number of nitrogens with one attached hydrogen (secondary N) is 2. The van der Waals surface area contributed by atoms with Crippen molar-refractivity contribution in [2.24, 2.45) is 4.99 Å². The highest BCUT2D eigenvalue weighted by atomic mass is 16.5. The Morgan fingerprint density at radius 1 is 1.14 bits per heavy atom. The molecule has 1 heterocycles. The van der Waals surface area contributed by atoms with Crippen LogP contribution in [0.25, 0.3) is 0 Å². The van der Waals surface area contributed by atoms with Gasteiger partial charge >= 0.3 is 0 Å². The number of amides is 1. The van der Waals surface area contributed by atoms with Crippen molar-refractivity contribution in [1.82, 2.24) is 10.6 Å². The molecule has 0 saturated carbocycles. The maximum Gasteiger partial charge on any atom is 0.265 e. The molecule has 0 atom stereocenters. The van der Waals surface area contributed by atoms with Crippen molar-refractivity contribution >= 4 is 17.6 Å². The Labute approximate surface area is 171 Å². The third-order valence-electron chi connectivity index (χ3n) is 4.75. The quantitative estimate of drug-likeness (QED) is 0.407. The molecule has 7 nitrogen and oxygen atoms in total. The molecule has 0 bridgehead atoms. The van der Waals surface area contributed by atoms with Gasteiger partial charge in [0.25, 0.3) is 5.91 Å². The molecule has 154 valence electrons. The molecule has 0 unspecified atom stereocenters. The standard InChI is InChI=1S/C22H28N4O3/c1-23-22(25-14-12-17-8-10-18(28-2)11-9-17)24-13-5-15-26-19-6-3-4-7-20(19)29-16-21(26)27/h3-4,6-11H,5,12-16H2,1-2H3,(H2,23,24,25). The van der Waals surface area contributed by atoms with Crippen LogP contribution < -0.4 is 25.0 Å². The molecule has 1 aliphatic rings. The van der Waals surface area contributed by atoms with Crippen molar-refractivity contribution in [2.45, 2.75) is 12.8 Å². The minimum atomic E-state index is -0.00861. The van der Waals surface area contributed by atoms with E-state index in [4.69, 9.17) is 9.47 Å². The van der Waals surface area contributed by atoms with Gasteiger partial charge in [0.2, 0.25) is 0 Å². The van der Waals surface area contributed by atoms with E-state index in [1.54, 1.807) is 19.1 Å². The Bertz CT molecular complexity index is 836. The van der Waals surface area contributed by atoms with Crippen LogP contribution in [0.2, 0.25) is 0 Å². The topological polar surface area (TPSA) is 75.2 Å². The molecular formula is C22H28N4O3. The van der Waals surface area contributed by atoms with Crippen LogP contribution in [0.4, 0.5) is 5.69 Å². The monoisotopic (exact) mass is 396 g/mol. The molecule has 0 aliphatic carbocycles. The van der Waals surface area contributed by atoms with Gasteiger partial charge in [-0.15, -0.1) is 0 Å². The highest BCUT2D eigenvalue weighted by Crippen LogP contribution is 2.31. The van der Waals surface area contributed by atoms with Crippen LogP contribution >= 0.6 is 0 Å². The molecule has 0 spiro atoms. The van der Waals surface area contributed by atoms with Crippen molar-refractivity contribution in [1.29, 1.82) is 0 Å². The summed E-state index contributed by atoms with van der Waals surface area (Å²) in [5.74, 6) is 2.37. The first-order valence-corrected chi connectivity index (χ1v) is 9.81. The zero-order valence-electron chi connectivity index (χ0n) is 17.0. The van der Waals surface area contributed by atoms with Crippen LogP contribution in [-0.2, 0) is 11.2 Å². The van der Waals surface area contributed by atoms with Gasteiger partial charge in [0, 0.05) is 26.7 Å². The number of ether oxygens (including phenoxy) is 2. The number of carbonyl (C=O) groups is 1. The van der Waals surface area contributed by atoms with Crippen LogP contribution in [0.3, 0.4) is 0 Å². The molecule has 1 amide bonds. The van der Waals surface area contributed by atoms with Crippen LogP contribution in [0.5, 0.6) is 11.5 Å². The van der Waals surface area contributed by atoms with Crippen LogP contribution in [-0.4, -0.2) is 52.3 Å². The zero-order valence-corrected chi connectivity index (χ0v) is 17.0. The Hall–Kier alpha value is -3.22. The number of methoxy groups -OCH3 is 1. The second-order valence-electron chi connectivity index (χ2n) is 6.68. The molecule has 1 aliphatic heterocycles. The lowest BCUT2D eigenvalue weighted by Crippen LogP contribution is -2.42. The number of hydrogen-bond acceptors (Lipinski definition) is 4. The van der Waals surface area contributed by atoms with E-state index in [-0.39, 0.29) is 12.5 Å². The number of nitrogens with zero attached hydrogens (tertiary/aromatic N) is 2. The molecule has 0 fully saturated rings. The summed E-state index contributed by atoms with van der Waals surface area (Å²) in [5, 5.41) is 6.62. The highest BCUT2D eigenvalue weighted by Gasteiger charge is 2.24. The Morgan fingerprint density at radius 2 is 1.90 bits per heavy atom. The number of carbonyl (C=O) groups excluding carboxylic acids is 1. The summed E-state index contributed by atoms with van der Waals surface area (Å²) in [6.07, 6.45) is 1.70. The molecular weight excluding hydrogens is 368 g/mol. The smallest absolute Gasteiger partial charge is 0.265 e. The van der Waals surface area contributed by atoms with Gasteiger partial charge in [-0.2, -0.15) is 0 Å². The lowest BCUT2D eigenvalue weighted by atomic mass is 10.1. The first-order chi connectivity index (χ1) is 14.2. The maximum absolute atomic E-state index is 12.2. The number of rotatable bonds is 8. The molecule has 2 aromatic carbocycles. The Balaban J connectivity index is 1.39. The summed E-state index contributed by atoms with van der Waals surface area (Å²) in [6.45, 7) is 2.23. The van der Waals surface area contributed by atoms with Gasteiger partial charge in [0.1, 0.15) is 11.5 Å². The van der Waals surface area contributed by atoms with Crippen molar-refractivity contribution in [3.63, 3.8) is 0 Å². The zero-order chi connectivity index (χ0) is 20.5. The molecule has 0 radical (unpaired) electrons. The second-order valence-corrected chi connectivity index (χ2v) is 6.68. The summed E-state index contributed by atoms with van der Waals surface area (Å²) < 4.78 is 10.7. The van der Waals surface area contributed by atoms with Crippen LogP contribution in [0.15, 0.2) is 53.5 Å². The van der Waals surface area contributed by atoms with E-state index >= 15 is 0 Å². The molecule has 29 heavy (non-hydrogen) atoms. The third-order valence-corrected chi connectivity index (χ3v) is 4.75. The van der Waals surface area contributed by atoms with Gasteiger partial charge < -0.3 is 25.0 Å². The fourth-order valence-corrected chi connectivity index (χ4v) is 3.18.